The number of aryl methyl sites for hydroxylation is 1. The minimum atomic E-state index is 0.603. The number of hydrogen-bond acceptors (Lipinski definition) is 5. The summed E-state index contributed by atoms with van der Waals surface area (Å²) in [6.45, 7) is 4.36. The van der Waals surface area contributed by atoms with E-state index in [9.17, 15) is 0 Å². The molecule has 0 radical (unpaired) electrons. The summed E-state index contributed by atoms with van der Waals surface area (Å²) in [4.78, 5) is 9.07. The highest BCUT2D eigenvalue weighted by Gasteiger charge is 2.18. The predicted octanol–water partition coefficient (Wildman–Crippen LogP) is 1.89. The highest BCUT2D eigenvalue weighted by atomic mass is 32.2. The van der Waals surface area contributed by atoms with Crippen LogP contribution in [0.15, 0.2) is 0 Å². The second kappa shape index (κ2) is 5.01. The Hall–Kier alpha value is -0.810. The van der Waals surface area contributed by atoms with Crippen molar-refractivity contribution in [3.8, 4) is 0 Å². The van der Waals surface area contributed by atoms with Gasteiger partial charge in [-0.15, -0.1) is 0 Å². The number of fused-ring (bicyclic) bond motifs is 1. The molecule has 5 heteroatoms. The summed E-state index contributed by atoms with van der Waals surface area (Å²) in [6.07, 6.45) is 3.28. The molecule has 0 aromatic carbocycles. The average Bonchev–Trinajstić information content (AvgIpc) is 2.73. The molecular weight excluding hydrogens is 220 g/mol. The van der Waals surface area contributed by atoms with Crippen LogP contribution in [-0.4, -0.2) is 15.2 Å². The molecule has 0 amide bonds. The van der Waals surface area contributed by atoms with Crippen molar-refractivity contribution >= 4 is 17.6 Å². The molecule has 16 heavy (non-hydrogen) atoms. The van der Waals surface area contributed by atoms with Crippen LogP contribution in [0.3, 0.4) is 0 Å². The van der Waals surface area contributed by atoms with Gasteiger partial charge in [0, 0.05) is 11.3 Å². The first-order chi connectivity index (χ1) is 7.70. The molecule has 88 valence electrons. The molecular formula is C11H18N4S. The molecule has 0 fully saturated rings. The first-order valence-electron chi connectivity index (χ1n) is 5.67. The van der Waals surface area contributed by atoms with Gasteiger partial charge in [0.1, 0.15) is 11.6 Å². The van der Waals surface area contributed by atoms with Crippen LogP contribution in [0.4, 0.5) is 5.82 Å². The number of nitrogen functional groups attached to an aromatic ring is 1. The molecule has 0 saturated carbocycles. The van der Waals surface area contributed by atoms with Gasteiger partial charge in [0.05, 0.1) is 5.75 Å². The van der Waals surface area contributed by atoms with E-state index in [1.807, 2.05) is 11.8 Å². The van der Waals surface area contributed by atoms with Gasteiger partial charge in [0.2, 0.25) is 0 Å². The average molecular weight is 238 g/mol. The van der Waals surface area contributed by atoms with E-state index in [2.05, 4.69) is 29.2 Å². The number of hydrazine groups is 1. The number of thioether (sulfide) groups is 1. The van der Waals surface area contributed by atoms with E-state index in [-0.39, 0.29) is 0 Å². The van der Waals surface area contributed by atoms with Crippen molar-refractivity contribution in [1.82, 2.24) is 9.97 Å². The van der Waals surface area contributed by atoms with E-state index in [1.54, 1.807) is 0 Å². The second-order valence-electron chi connectivity index (χ2n) is 4.27. The van der Waals surface area contributed by atoms with Gasteiger partial charge in [0.25, 0.3) is 0 Å². The van der Waals surface area contributed by atoms with Crippen molar-refractivity contribution in [2.45, 2.75) is 44.1 Å². The van der Waals surface area contributed by atoms with Gasteiger partial charge < -0.3 is 5.43 Å². The van der Waals surface area contributed by atoms with Crippen molar-refractivity contribution < 1.29 is 0 Å². The lowest BCUT2D eigenvalue weighted by Gasteiger charge is -2.09. The van der Waals surface area contributed by atoms with Crippen LogP contribution in [0.5, 0.6) is 0 Å². The molecule has 2 rings (SSSR count). The fourth-order valence-corrected chi connectivity index (χ4v) is 2.52. The fourth-order valence-electron chi connectivity index (χ4n) is 1.91. The molecule has 0 unspecified atom stereocenters. The van der Waals surface area contributed by atoms with Crippen molar-refractivity contribution in [2.75, 3.05) is 5.43 Å². The van der Waals surface area contributed by atoms with Gasteiger partial charge in [-0.05, 0) is 24.5 Å². The van der Waals surface area contributed by atoms with Crippen molar-refractivity contribution in [2.24, 2.45) is 5.84 Å². The third-order valence-electron chi connectivity index (χ3n) is 2.66. The predicted molar refractivity (Wildman–Crippen MR) is 68.3 cm³/mol. The number of nitrogens with two attached hydrogens (primary N) is 1. The first-order valence-corrected chi connectivity index (χ1v) is 6.72. The van der Waals surface area contributed by atoms with Crippen molar-refractivity contribution in [3.05, 3.63) is 17.1 Å². The first kappa shape index (κ1) is 11.7. The summed E-state index contributed by atoms with van der Waals surface area (Å²) in [5.41, 5.74) is 5.09. The van der Waals surface area contributed by atoms with Gasteiger partial charge in [-0.2, -0.15) is 11.8 Å². The third-order valence-corrected chi connectivity index (χ3v) is 3.75. The molecule has 0 saturated heterocycles. The Balaban J connectivity index is 2.20. The molecule has 0 aliphatic heterocycles. The largest absolute Gasteiger partial charge is 0.308 e. The van der Waals surface area contributed by atoms with Crippen LogP contribution in [0.2, 0.25) is 0 Å². The Labute approximate surface area is 100 Å². The van der Waals surface area contributed by atoms with Crippen LogP contribution in [0.1, 0.15) is 37.4 Å². The maximum absolute atomic E-state index is 5.50. The summed E-state index contributed by atoms with van der Waals surface area (Å²) >= 11 is 1.86. The van der Waals surface area contributed by atoms with E-state index in [0.717, 1.165) is 30.2 Å². The standard InChI is InChI=1S/C11H18N4S/c1-7(2)16-6-10-13-9-5-3-4-8(9)11(14-10)15-12/h7H,3-6,12H2,1-2H3,(H,13,14,15). The zero-order chi connectivity index (χ0) is 11.5. The van der Waals surface area contributed by atoms with Crippen molar-refractivity contribution in [3.63, 3.8) is 0 Å². The zero-order valence-electron chi connectivity index (χ0n) is 9.79. The Morgan fingerprint density at radius 1 is 1.38 bits per heavy atom. The normalized spacial score (nSPS) is 14.2. The summed E-state index contributed by atoms with van der Waals surface area (Å²) in [5, 5.41) is 0.603. The lowest BCUT2D eigenvalue weighted by Crippen LogP contribution is -2.13. The SMILES string of the molecule is CC(C)SCc1nc2c(c(NN)n1)CCC2. The fraction of sp³-hybridized carbons (Fsp3) is 0.636. The maximum atomic E-state index is 5.50. The Kier molecular flexibility index (Phi) is 3.66. The van der Waals surface area contributed by atoms with E-state index in [4.69, 9.17) is 5.84 Å². The third kappa shape index (κ3) is 2.47. The molecule has 1 aromatic heterocycles. The molecule has 3 N–H and O–H groups in total. The van der Waals surface area contributed by atoms with Gasteiger partial charge in [0.15, 0.2) is 0 Å². The molecule has 1 heterocycles. The van der Waals surface area contributed by atoms with Crippen LogP contribution >= 0.6 is 11.8 Å². The van der Waals surface area contributed by atoms with Gasteiger partial charge >= 0.3 is 0 Å². The highest BCUT2D eigenvalue weighted by molar-refractivity contribution is 7.99. The zero-order valence-corrected chi connectivity index (χ0v) is 10.6. The number of hydrogen-bond donors (Lipinski definition) is 2. The number of aromatic nitrogens is 2. The number of anilines is 1. The number of nitrogens with zero attached hydrogens (tertiary/aromatic N) is 2. The lowest BCUT2D eigenvalue weighted by atomic mass is 10.2. The minimum Gasteiger partial charge on any atom is -0.308 e. The maximum Gasteiger partial charge on any atom is 0.147 e. The summed E-state index contributed by atoms with van der Waals surface area (Å²) in [5.74, 6) is 8.08. The van der Waals surface area contributed by atoms with Crippen LogP contribution in [0, 0.1) is 0 Å². The molecule has 0 bridgehead atoms. The van der Waals surface area contributed by atoms with Crippen LogP contribution in [-0.2, 0) is 18.6 Å². The lowest BCUT2D eigenvalue weighted by molar-refractivity contribution is 0.893. The van der Waals surface area contributed by atoms with E-state index >= 15 is 0 Å². The topological polar surface area (TPSA) is 63.8 Å². The van der Waals surface area contributed by atoms with Gasteiger partial charge in [-0.3, -0.25) is 0 Å². The molecule has 1 aliphatic rings. The Morgan fingerprint density at radius 2 is 2.19 bits per heavy atom. The number of rotatable bonds is 4. The van der Waals surface area contributed by atoms with Gasteiger partial charge in [-0.25, -0.2) is 15.8 Å². The Morgan fingerprint density at radius 3 is 2.88 bits per heavy atom. The highest BCUT2D eigenvalue weighted by Crippen LogP contribution is 2.26. The molecule has 0 atom stereocenters. The second-order valence-corrected chi connectivity index (χ2v) is 5.84. The molecule has 4 nitrogen and oxygen atoms in total. The van der Waals surface area contributed by atoms with E-state index in [0.29, 0.717) is 5.25 Å². The quantitative estimate of drug-likeness (QED) is 0.619. The van der Waals surface area contributed by atoms with E-state index < -0.39 is 0 Å². The molecule has 0 spiro atoms. The summed E-state index contributed by atoms with van der Waals surface area (Å²) in [7, 11) is 0. The molecule has 1 aromatic rings. The summed E-state index contributed by atoms with van der Waals surface area (Å²) in [6, 6.07) is 0. The smallest absolute Gasteiger partial charge is 0.147 e. The minimum absolute atomic E-state index is 0.603. The summed E-state index contributed by atoms with van der Waals surface area (Å²) < 4.78 is 0. The molecule has 1 aliphatic carbocycles. The van der Waals surface area contributed by atoms with Crippen molar-refractivity contribution in [1.29, 1.82) is 0 Å². The monoisotopic (exact) mass is 238 g/mol. The van der Waals surface area contributed by atoms with Crippen LogP contribution in [0.25, 0.3) is 0 Å². The van der Waals surface area contributed by atoms with E-state index in [1.165, 1.54) is 17.7 Å². The van der Waals surface area contributed by atoms with Crippen LogP contribution < -0.4 is 11.3 Å². The van der Waals surface area contributed by atoms with Gasteiger partial charge in [-0.1, -0.05) is 13.8 Å². The Bertz CT molecular complexity index is 378. The number of nitrogens with one attached hydrogen (secondary N) is 1.